The molecule has 2 atom stereocenters. The van der Waals surface area contributed by atoms with Crippen LogP contribution >= 0.6 is 11.6 Å². The van der Waals surface area contributed by atoms with E-state index in [0.717, 1.165) is 39.8 Å². The highest BCUT2D eigenvalue weighted by molar-refractivity contribution is 6.33. The fourth-order valence-corrected chi connectivity index (χ4v) is 8.16. The molecule has 3 N–H and O–H groups in total. The Morgan fingerprint density at radius 2 is 1.67 bits per heavy atom. The maximum atomic E-state index is 11.2. The zero-order valence-corrected chi connectivity index (χ0v) is 18.8. The number of rotatable bonds is 6. The molecule has 166 valence electrons. The molecule has 6 heteroatoms. The van der Waals surface area contributed by atoms with Crippen LogP contribution in [0, 0.1) is 23.2 Å². The second-order valence-electron chi connectivity index (χ2n) is 10.2. The average molecular weight is 458 g/mol. The van der Waals surface area contributed by atoms with E-state index in [9.17, 15) is 4.79 Å². The smallest absolute Gasteiger partial charge is 0.354 e. The van der Waals surface area contributed by atoms with Gasteiger partial charge in [-0.05, 0) is 96.9 Å². The van der Waals surface area contributed by atoms with Crippen molar-refractivity contribution in [2.24, 2.45) is 23.2 Å². The van der Waals surface area contributed by atoms with Crippen molar-refractivity contribution >= 4 is 40.5 Å². The first-order chi connectivity index (χ1) is 16.0. The van der Waals surface area contributed by atoms with Gasteiger partial charge in [0.2, 0.25) is 0 Å². The third-order valence-corrected chi connectivity index (χ3v) is 9.40. The molecule has 2 unspecified atom stereocenters. The Labute approximate surface area is 197 Å². The normalized spacial score (nSPS) is 32.1. The Bertz CT molecular complexity index is 1300. The first-order valence-electron chi connectivity index (χ1n) is 11.6. The molecule has 0 bridgehead atoms. The van der Waals surface area contributed by atoms with Crippen LogP contribution in [0.3, 0.4) is 0 Å². The summed E-state index contributed by atoms with van der Waals surface area (Å²) in [5.74, 6) is 2.37. The number of aromatic carboxylic acids is 1. The van der Waals surface area contributed by atoms with Crippen molar-refractivity contribution in [1.82, 2.24) is 4.98 Å². The lowest BCUT2D eigenvalue weighted by Gasteiger charge is -2.91. The Morgan fingerprint density at radius 3 is 2.33 bits per heavy atom. The summed E-state index contributed by atoms with van der Waals surface area (Å²) in [6.45, 7) is 0. The molecule has 4 fully saturated rings. The molecule has 7 rings (SSSR count). The van der Waals surface area contributed by atoms with Gasteiger partial charge in [-0.1, -0.05) is 29.8 Å². The van der Waals surface area contributed by atoms with Crippen molar-refractivity contribution in [1.29, 1.82) is 0 Å². The Hall–Kier alpha value is -3.05. The highest BCUT2D eigenvalue weighted by atomic mass is 35.5. The predicted molar refractivity (Wildman–Crippen MR) is 129 cm³/mol. The SMILES string of the molecule is O=C(O)c1cccc(Nc2cccc(Nc3ccc(C45CC6CC7CC(C4)C765)cc3Cl)c2)n1. The molecule has 0 amide bonds. The first-order valence-corrected chi connectivity index (χ1v) is 12.0. The third-order valence-electron chi connectivity index (χ3n) is 9.09. The number of halogens is 1. The van der Waals surface area contributed by atoms with E-state index in [4.69, 9.17) is 16.7 Å². The van der Waals surface area contributed by atoms with E-state index in [0.29, 0.717) is 16.6 Å². The quantitative estimate of drug-likeness (QED) is 0.388. The predicted octanol–water partition coefficient (Wildman–Crippen LogP) is 6.61. The van der Waals surface area contributed by atoms with Gasteiger partial charge in [0.05, 0.1) is 10.7 Å². The van der Waals surface area contributed by atoms with Gasteiger partial charge in [0.1, 0.15) is 5.82 Å². The van der Waals surface area contributed by atoms with Gasteiger partial charge in [-0.2, -0.15) is 0 Å². The van der Waals surface area contributed by atoms with Crippen molar-refractivity contribution in [3.63, 3.8) is 0 Å². The molecular weight excluding hydrogens is 434 g/mol. The van der Waals surface area contributed by atoms with Crippen molar-refractivity contribution < 1.29 is 9.90 Å². The van der Waals surface area contributed by atoms with Crippen LogP contribution in [0.1, 0.15) is 41.7 Å². The largest absolute Gasteiger partial charge is 0.477 e. The number of benzene rings is 2. The lowest BCUT2D eigenvalue weighted by molar-refractivity contribution is -0.395. The maximum absolute atomic E-state index is 11.2. The van der Waals surface area contributed by atoms with Crippen molar-refractivity contribution in [3.8, 4) is 0 Å². The van der Waals surface area contributed by atoms with E-state index in [1.54, 1.807) is 12.1 Å². The van der Waals surface area contributed by atoms with Crippen molar-refractivity contribution in [3.05, 3.63) is 76.9 Å². The van der Waals surface area contributed by atoms with Gasteiger partial charge in [0.25, 0.3) is 0 Å². The molecule has 0 saturated heterocycles. The molecule has 4 aliphatic carbocycles. The number of nitrogens with zero attached hydrogens (tertiary/aromatic N) is 1. The molecule has 0 radical (unpaired) electrons. The van der Waals surface area contributed by atoms with Gasteiger partial charge >= 0.3 is 5.97 Å². The van der Waals surface area contributed by atoms with Crippen LogP contribution in [0.15, 0.2) is 60.7 Å². The lowest BCUT2D eigenvalue weighted by atomic mass is 9.12. The fourth-order valence-electron chi connectivity index (χ4n) is 7.94. The highest BCUT2D eigenvalue weighted by Gasteiger charge is 2.87. The number of hydrogen-bond acceptors (Lipinski definition) is 4. The molecule has 2 aromatic carbocycles. The van der Waals surface area contributed by atoms with Crippen LogP contribution in [-0.4, -0.2) is 16.1 Å². The number of pyridine rings is 1. The number of nitrogens with one attached hydrogen (secondary N) is 2. The molecule has 1 aromatic heterocycles. The highest BCUT2D eigenvalue weighted by Crippen LogP contribution is 2.92. The van der Waals surface area contributed by atoms with Crippen LogP contribution in [0.25, 0.3) is 0 Å². The van der Waals surface area contributed by atoms with Crippen LogP contribution in [0.5, 0.6) is 0 Å². The second kappa shape index (κ2) is 6.51. The summed E-state index contributed by atoms with van der Waals surface area (Å²) in [6, 6.07) is 19.3. The third kappa shape index (κ3) is 2.43. The summed E-state index contributed by atoms with van der Waals surface area (Å²) in [5.41, 5.74) is 5.10. The Morgan fingerprint density at radius 1 is 0.939 bits per heavy atom. The molecule has 33 heavy (non-hydrogen) atoms. The van der Waals surface area contributed by atoms with Crippen LogP contribution in [-0.2, 0) is 5.41 Å². The van der Waals surface area contributed by atoms with Gasteiger partial charge in [-0.15, -0.1) is 0 Å². The molecule has 1 heterocycles. The maximum Gasteiger partial charge on any atom is 0.354 e. The first kappa shape index (κ1) is 19.4. The zero-order valence-electron chi connectivity index (χ0n) is 18.0. The van der Waals surface area contributed by atoms with E-state index < -0.39 is 5.97 Å². The number of carbonyl (C=O) groups is 1. The number of hydrogen-bond donors (Lipinski definition) is 3. The van der Waals surface area contributed by atoms with Gasteiger partial charge in [-0.3, -0.25) is 0 Å². The van der Waals surface area contributed by atoms with E-state index in [-0.39, 0.29) is 5.69 Å². The van der Waals surface area contributed by atoms with E-state index >= 15 is 0 Å². The standard InChI is InChI=1S/C27H24ClN3O2/c28-21-11-15(26-13-17-9-16-10-18(14-26)27(16,17)26)7-8-22(21)29-19-3-1-4-20(12-19)30-24-6-2-5-23(31-24)25(32)33/h1-8,11-12,16-18,29H,9-10,13-14H2,(H,30,31)(H,32,33). The van der Waals surface area contributed by atoms with E-state index in [1.165, 1.54) is 37.3 Å². The summed E-state index contributed by atoms with van der Waals surface area (Å²) in [6.07, 6.45) is 5.64. The van der Waals surface area contributed by atoms with Gasteiger partial charge in [-0.25, -0.2) is 9.78 Å². The van der Waals surface area contributed by atoms with Gasteiger partial charge < -0.3 is 15.7 Å². The summed E-state index contributed by atoms with van der Waals surface area (Å²) in [5, 5.41) is 16.5. The molecule has 4 aliphatic rings. The topological polar surface area (TPSA) is 74.2 Å². The van der Waals surface area contributed by atoms with Crippen LogP contribution in [0.4, 0.5) is 22.9 Å². The van der Waals surface area contributed by atoms with E-state index in [2.05, 4.69) is 33.8 Å². The zero-order chi connectivity index (χ0) is 22.4. The number of carboxylic acids is 1. The fraction of sp³-hybridized carbons (Fsp3) is 0.333. The summed E-state index contributed by atoms with van der Waals surface area (Å²) in [4.78, 5) is 15.3. The molecule has 0 aliphatic heterocycles. The second-order valence-corrected chi connectivity index (χ2v) is 10.6. The molecule has 1 spiro atoms. The number of carboxylic acid groups (broad SMARTS) is 1. The minimum absolute atomic E-state index is 0.00542. The average Bonchev–Trinajstić information content (AvgIpc) is 2.74. The number of aromatic nitrogens is 1. The van der Waals surface area contributed by atoms with Crippen LogP contribution in [0.2, 0.25) is 5.02 Å². The van der Waals surface area contributed by atoms with Gasteiger partial charge in [0.15, 0.2) is 5.69 Å². The monoisotopic (exact) mass is 457 g/mol. The summed E-state index contributed by atoms with van der Waals surface area (Å²) < 4.78 is 0. The summed E-state index contributed by atoms with van der Waals surface area (Å²) in [7, 11) is 0. The number of anilines is 4. The molecule has 4 saturated carbocycles. The summed E-state index contributed by atoms with van der Waals surface area (Å²) >= 11 is 6.76. The Kier molecular flexibility index (Phi) is 3.83. The van der Waals surface area contributed by atoms with E-state index in [1.807, 2.05) is 24.3 Å². The lowest BCUT2D eigenvalue weighted by Crippen LogP contribution is -2.87. The molecule has 3 aromatic rings. The minimum Gasteiger partial charge on any atom is -0.477 e. The van der Waals surface area contributed by atoms with Crippen molar-refractivity contribution in [2.45, 2.75) is 31.1 Å². The minimum atomic E-state index is -1.05. The molecule has 5 nitrogen and oxygen atoms in total. The van der Waals surface area contributed by atoms with Gasteiger partial charge in [0, 0.05) is 16.8 Å². The van der Waals surface area contributed by atoms with Crippen LogP contribution < -0.4 is 10.6 Å². The van der Waals surface area contributed by atoms with Crippen molar-refractivity contribution in [2.75, 3.05) is 10.6 Å². The molecular formula is C27H24ClN3O2. The Balaban J connectivity index is 1.10.